The van der Waals surface area contributed by atoms with Gasteiger partial charge in [0.05, 0.1) is 0 Å². The fourth-order valence-corrected chi connectivity index (χ4v) is 2.64. The maximum atomic E-state index is 10.9. The van der Waals surface area contributed by atoms with Gasteiger partial charge in [0, 0.05) is 17.1 Å². The summed E-state index contributed by atoms with van der Waals surface area (Å²) in [5, 5.41) is 4.66. The standard InChI is InChI=1S/C14H13ClN3O2/c1-9-10(4-2-5-11(9)15)13-16-14(20-17-13)12-6-3-7-18(12)8-19/h2,4-5,12H,3,6-7H2,1H3/t12-/m0/s1. The molecule has 2 heterocycles. The molecule has 1 fully saturated rings. The molecule has 0 saturated carbocycles. The van der Waals surface area contributed by atoms with Crippen molar-refractivity contribution in [2.75, 3.05) is 6.54 Å². The Balaban J connectivity index is 1.94. The van der Waals surface area contributed by atoms with Gasteiger partial charge in [-0.25, -0.2) is 0 Å². The van der Waals surface area contributed by atoms with E-state index in [0.717, 1.165) is 24.0 Å². The Morgan fingerprint density at radius 2 is 2.35 bits per heavy atom. The van der Waals surface area contributed by atoms with Gasteiger partial charge in [0.2, 0.25) is 11.7 Å². The number of carbonyl (C=O) groups excluding carboxylic acids is 1. The van der Waals surface area contributed by atoms with Crippen LogP contribution in [0.3, 0.4) is 0 Å². The molecule has 0 N–H and O–H groups in total. The third-order valence-electron chi connectivity index (χ3n) is 3.61. The molecule has 1 aromatic carbocycles. The number of nitrogens with zero attached hydrogens (tertiary/aromatic N) is 3. The molecule has 1 saturated heterocycles. The number of amides is 1. The molecule has 3 rings (SSSR count). The van der Waals surface area contributed by atoms with Crippen LogP contribution in [0.5, 0.6) is 0 Å². The lowest BCUT2D eigenvalue weighted by molar-refractivity contribution is 0.277. The molecule has 5 nitrogen and oxygen atoms in total. The summed E-state index contributed by atoms with van der Waals surface area (Å²) in [6.07, 6.45) is 3.67. The summed E-state index contributed by atoms with van der Waals surface area (Å²) < 4.78 is 5.31. The summed E-state index contributed by atoms with van der Waals surface area (Å²) in [6, 6.07) is 5.41. The van der Waals surface area contributed by atoms with Gasteiger partial charge in [0.15, 0.2) is 0 Å². The van der Waals surface area contributed by atoms with E-state index in [1.165, 1.54) is 0 Å². The normalized spacial score (nSPS) is 18.5. The van der Waals surface area contributed by atoms with Crippen LogP contribution in [-0.4, -0.2) is 28.0 Å². The lowest BCUT2D eigenvalue weighted by Gasteiger charge is -2.13. The molecule has 2 aromatic rings. The fourth-order valence-electron chi connectivity index (χ4n) is 2.46. The summed E-state index contributed by atoms with van der Waals surface area (Å²) >= 11 is 6.10. The van der Waals surface area contributed by atoms with Gasteiger partial charge in [-0.15, -0.1) is 0 Å². The Morgan fingerprint density at radius 1 is 1.50 bits per heavy atom. The van der Waals surface area contributed by atoms with Gasteiger partial charge in [0.25, 0.3) is 0 Å². The molecule has 103 valence electrons. The van der Waals surface area contributed by atoms with Crippen LogP contribution in [0, 0.1) is 6.92 Å². The SMILES string of the molecule is Cc1c(Cl)cccc1-c1noc([C@@H]2CCCN2[C]=O)n1. The van der Waals surface area contributed by atoms with Crippen LogP contribution in [0.1, 0.15) is 30.3 Å². The first-order chi connectivity index (χ1) is 9.70. The Kier molecular flexibility index (Phi) is 3.44. The van der Waals surface area contributed by atoms with Gasteiger partial charge in [-0.3, -0.25) is 4.79 Å². The first kappa shape index (κ1) is 13.1. The highest BCUT2D eigenvalue weighted by molar-refractivity contribution is 6.31. The molecular formula is C14H13ClN3O2. The second-order valence-electron chi connectivity index (χ2n) is 4.81. The van der Waals surface area contributed by atoms with Crippen LogP contribution in [0.4, 0.5) is 0 Å². The van der Waals surface area contributed by atoms with E-state index in [2.05, 4.69) is 10.1 Å². The molecule has 1 aliphatic rings. The molecule has 0 spiro atoms. The monoisotopic (exact) mass is 290 g/mol. The number of halogens is 1. The lowest BCUT2D eigenvalue weighted by Crippen LogP contribution is -2.21. The Hall–Kier alpha value is -1.88. The van der Waals surface area contributed by atoms with Crippen molar-refractivity contribution < 1.29 is 9.32 Å². The number of rotatable bonds is 3. The van der Waals surface area contributed by atoms with Gasteiger partial charge in [0.1, 0.15) is 6.04 Å². The molecule has 1 amide bonds. The van der Waals surface area contributed by atoms with Gasteiger partial charge in [-0.1, -0.05) is 28.9 Å². The zero-order valence-electron chi connectivity index (χ0n) is 11.0. The van der Waals surface area contributed by atoms with Crippen molar-refractivity contribution in [1.82, 2.24) is 15.0 Å². The van der Waals surface area contributed by atoms with E-state index < -0.39 is 0 Å². The lowest BCUT2D eigenvalue weighted by atomic mass is 10.1. The second-order valence-corrected chi connectivity index (χ2v) is 5.22. The first-order valence-electron chi connectivity index (χ1n) is 6.44. The van der Waals surface area contributed by atoms with Crippen molar-refractivity contribution in [2.24, 2.45) is 0 Å². The topological polar surface area (TPSA) is 59.2 Å². The molecule has 0 unspecified atom stereocenters. The zero-order chi connectivity index (χ0) is 14.1. The smallest absolute Gasteiger partial charge is 0.312 e. The predicted molar refractivity (Wildman–Crippen MR) is 73.9 cm³/mol. The van der Waals surface area contributed by atoms with Gasteiger partial charge >= 0.3 is 6.41 Å². The van der Waals surface area contributed by atoms with Crippen LogP contribution in [-0.2, 0) is 4.79 Å². The minimum absolute atomic E-state index is 0.159. The molecule has 20 heavy (non-hydrogen) atoms. The molecule has 6 heteroatoms. The highest BCUT2D eigenvalue weighted by atomic mass is 35.5. The fraction of sp³-hybridized carbons (Fsp3) is 0.357. The summed E-state index contributed by atoms with van der Waals surface area (Å²) in [5.41, 5.74) is 1.75. The molecular weight excluding hydrogens is 278 g/mol. The summed E-state index contributed by atoms with van der Waals surface area (Å²) in [7, 11) is 0. The molecule has 1 aliphatic heterocycles. The van der Waals surface area contributed by atoms with Crippen molar-refractivity contribution in [3.63, 3.8) is 0 Å². The van der Waals surface area contributed by atoms with Crippen molar-refractivity contribution in [3.8, 4) is 11.4 Å². The number of likely N-dealkylation sites (tertiary alicyclic amines) is 1. The first-order valence-corrected chi connectivity index (χ1v) is 6.82. The quantitative estimate of drug-likeness (QED) is 0.872. The van der Waals surface area contributed by atoms with E-state index >= 15 is 0 Å². The number of benzene rings is 1. The van der Waals surface area contributed by atoms with Crippen LogP contribution >= 0.6 is 11.6 Å². The average Bonchev–Trinajstić information content (AvgIpc) is 3.09. The highest BCUT2D eigenvalue weighted by Crippen LogP contribution is 2.32. The molecule has 1 atom stereocenters. The number of hydrogen-bond acceptors (Lipinski definition) is 4. The molecule has 0 aliphatic carbocycles. The maximum absolute atomic E-state index is 10.9. The number of aromatic nitrogens is 2. The largest absolute Gasteiger partial charge is 0.337 e. The third kappa shape index (κ3) is 2.18. The van der Waals surface area contributed by atoms with Gasteiger partial charge in [-0.2, -0.15) is 4.98 Å². The van der Waals surface area contributed by atoms with Crippen LogP contribution in [0.15, 0.2) is 22.7 Å². The van der Waals surface area contributed by atoms with E-state index in [0.29, 0.717) is 23.3 Å². The minimum atomic E-state index is -0.159. The highest BCUT2D eigenvalue weighted by Gasteiger charge is 2.30. The maximum Gasteiger partial charge on any atom is 0.312 e. The zero-order valence-corrected chi connectivity index (χ0v) is 11.7. The molecule has 1 radical (unpaired) electrons. The molecule has 0 bridgehead atoms. The third-order valence-corrected chi connectivity index (χ3v) is 4.01. The van der Waals surface area contributed by atoms with Crippen molar-refractivity contribution in [2.45, 2.75) is 25.8 Å². The minimum Gasteiger partial charge on any atom is -0.337 e. The summed E-state index contributed by atoms with van der Waals surface area (Å²) in [4.78, 5) is 16.8. The van der Waals surface area contributed by atoms with E-state index in [-0.39, 0.29) is 6.04 Å². The van der Waals surface area contributed by atoms with Crippen molar-refractivity contribution >= 4 is 18.0 Å². The van der Waals surface area contributed by atoms with Crippen molar-refractivity contribution in [3.05, 3.63) is 34.7 Å². The van der Waals surface area contributed by atoms with Crippen molar-refractivity contribution in [1.29, 1.82) is 0 Å². The number of hydrogen-bond donors (Lipinski definition) is 0. The van der Waals surface area contributed by atoms with E-state index in [1.807, 2.05) is 31.5 Å². The van der Waals surface area contributed by atoms with Gasteiger partial charge < -0.3 is 9.42 Å². The summed E-state index contributed by atoms with van der Waals surface area (Å²) in [5.74, 6) is 0.956. The average molecular weight is 291 g/mol. The van der Waals surface area contributed by atoms with E-state index in [1.54, 1.807) is 4.90 Å². The predicted octanol–water partition coefficient (Wildman–Crippen LogP) is 2.90. The van der Waals surface area contributed by atoms with E-state index in [4.69, 9.17) is 16.1 Å². The Morgan fingerprint density at radius 3 is 3.15 bits per heavy atom. The second kappa shape index (κ2) is 5.25. The van der Waals surface area contributed by atoms with Crippen LogP contribution < -0.4 is 0 Å². The van der Waals surface area contributed by atoms with E-state index in [9.17, 15) is 4.79 Å². The van der Waals surface area contributed by atoms with Crippen LogP contribution in [0.25, 0.3) is 11.4 Å². The Labute approximate surface area is 121 Å². The Bertz CT molecular complexity index is 641. The molecule has 1 aromatic heterocycles. The summed E-state index contributed by atoms with van der Waals surface area (Å²) in [6.45, 7) is 2.59. The van der Waals surface area contributed by atoms with Crippen LogP contribution in [0.2, 0.25) is 5.02 Å². The van der Waals surface area contributed by atoms with Gasteiger partial charge in [-0.05, 0) is 31.4 Å².